The van der Waals surface area contributed by atoms with E-state index >= 15 is 0 Å². The summed E-state index contributed by atoms with van der Waals surface area (Å²) in [5.74, 6) is -2.18. The van der Waals surface area contributed by atoms with Crippen LogP contribution in [0.4, 0.5) is 0 Å². The lowest BCUT2D eigenvalue weighted by molar-refractivity contribution is -0.344. The summed E-state index contributed by atoms with van der Waals surface area (Å²) in [5.41, 5.74) is -1.44. The van der Waals surface area contributed by atoms with Gasteiger partial charge in [0.1, 0.15) is 30.7 Å². The highest BCUT2D eigenvalue weighted by molar-refractivity contribution is 5.70. The highest BCUT2D eigenvalue weighted by Crippen LogP contribution is 2.37. The number of methoxy groups -OCH3 is 1. The summed E-state index contributed by atoms with van der Waals surface area (Å²) in [5, 5.41) is 54.6. The van der Waals surface area contributed by atoms with E-state index in [1.54, 1.807) is 45.9 Å². The van der Waals surface area contributed by atoms with E-state index in [4.69, 9.17) is 28.4 Å². The highest BCUT2D eigenvalue weighted by Gasteiger charge is 2.49. The molecule has 47 heavy (non-hydrogen) atoms. The SMILES string of the molecule is COC1C(O)CC(=O)O[C@H](C)C/C=C\C=C\C(O)[C@H](C)CC(CC=O)C1O[C@@H]1O[C@H](C)[C@@H](O[C@@H]2C[C@](C)(O)[C@H](O)[C@@H](C)O2)[C@H](C)[C@H]1O. The van der Waals surface area contributed by atoms with Gasteiger partial charge in [-0.2, -0.15) is 0 Å². The summed E-state index contributed by atoms with van der Waals surface area (Å²) in [6.45, 7) is 10.2. The van der Waals surface area contributed by atoms with E-state index in [2.05, 4.69) is 0 Å². The van der Waals surface area contributed by atoms with Gasteiger partial charge in [0.05, 0.1) is 48.6 Å². The summed E-state index contributed by atoms with van der Waals surface area (Å²) in [7, 11) is 1.35. The number of aliphatic hydroxyl groups excluding tert-OH is 4. The molecule has 2 fully saturated rings. The summed E-state index contributed by atoms with van der Waals surface area (Å²) in [6.07, 6.45) is -3.51. The fourth-order valence-corrected chi connectivity index (χ4v) is 6.72. The molecule has 13 heteroatoms. The van der Waals surface area contributed by atoms with Crippen LogP contribution in [-0.4, -0.2) is 124 Å². The van der Waals surface area contributed by atoms with Crippen LogP contribution >= 0.6 is 0 Å². The molecule has 2 saturated heterocycles. The molecule has 3 rings (SSSR count). The second kappa shape index (κ2) is 17.7. The number of allylic oxidation sites excluding steroid dienone is 2. The Morgan fingerprint density at radius 1 is 0.979 bits per heavy atom. The molecule has 16 atom stereocenters. The average molecular weight is 673 g/mol. The Balaban J connectivity index is 1.88. The van der Waals surface area contributed by atoms with Crippen molar-refractivity contribution < 1.29 is 63.5 Å². The molecule has 0 radical (unpaired) electrons. The number of hydrogen-bond donors (Lipinski definition) is 5. The third-order valence-corrected chi connectivity index (χ3v) is 9.60. The predicted molar refractivity (Wildman–Crippen MR) is 169 cm³/mol. The van der Waals surface area contributed by atoms with Crippen LogP contribution in [0.1, 0.15) is 73.6 Å². The molecule has 0 aromatic rings. The first kappa shape index (κ1) is 39.7. The van der Waals surface area contributed by atoms with E-state index < -0.39 is 103 Å². The highest BCUT2D eigenvalue weighted by atomic mass is 16.7. The lowest BCUT2D eigenvalue weighted by atomic mass is 9.82. The second-order valence-electron chi connectivity index (χ2n) is 13.7. The van der Waals surface area contributed by atoms with E-state index in [9.17, 15) is 35.1 Å². The Morgan fingerprint density at radius 3 is 2.32 bits per heavy atom. The summed E-state index contributed by atoms with van der Waals surface area (Å²) in [6, 6.07) is 0. The quantitative estimate of drug-likeness (QED) is 0.194. The predicted octanol–water partition coefficient (Wildman–Crippen LogP) is 1.55. The molecule has 3 aliphatic rings. The number of carbonyl (C=O) groups is 2. The Morgan fingerprint density at radius 2 is 1.68 bits per heavy atom. The first-order valence-electron chi connectivity index (χ1n) is 16.6. The minimum atomic E-state index is -1.44. The van der Waals surface area contributed by atoms with E-state index in [1.165, 1.54) is 14.0 Å². The van der Waals surface area contributed by atoms with Crippen molar-refractivity contribution in [2.75, 3.05) is 7.11 Å². The Kier molecular flexibility index (Phi) is 15.0. The van der Waals surface area contributed by atoms with Gasteiger partial charge in [-0.3, -0.25) is 4.79 Å². The van der Waals surface area contributed by atoms with Gasteiger partial charge in [0.25, 0.3) is 0 Å². The third kappa shape index (κ3) is 10.6. The van der Waals surface area contributed by atoms with Crippen LogP contribution in [0.15, 0.2) is 24.3 Å². The van der Waals surface area contributed by atoms with Gasteiger partial charge >= 0.3 is 5.97 Å². The van der Waals surface area contributed by atoms with Crippen LogP contribution in [0.3, 0.4) is 0 Å². The van der Waals surface area contributed by atoms with Gasteiger partial charge in [-0.05, 0) is 46.0 Å². The van der Waals surface area contributed by atoms with Crippen molar-refractivity contribution in [3.8, 4) is 0 Å². The minimum absolute atomic E-state index is 0.00402. The molecule has 5 unspecified atom stereocenters. The number of ether oxygens (including phenoxy) is 6. The monoisotopic (exact) mass is 672 g/mol. The van der Waals surface area contributed by atoms with E-state index in [1.807, 2.05) is 13.0 Å². The molecule has 3 aliphatic heterocycles. The number of carbonyl (C=O) groups excluding carboxylic acids is 2. The molecule has 13 nitrogen and oxygen atoms in total. The van der Waals surface area contributed by atoms with Crippen molar-refractivity contribution in [3.05, 3.63) is 24.3 Å². The fourth-order valence-electron chi connectivity index (χ4n) is 6.72. The lowest BCUT2D eigenvalue weighted by Crippen LogP contribution is -2.60. The third-order valence-electron chi connectivity index (χ3n) is 9.60. The molecule has 0 aliphatic carbocycles. The number of rotatable bonds is 7. The fraction of sp³-hybridized carbons (Fsp3) is 0.824. The number of aldehydes is 1. The molecule has 270 valence electrons. The van der Waals surface area contributed by atoms with E-state index in [0.29, 0.717) is 6.42 Å². The normalized spacial score (nSPS) is 47.5. The molecule has 0 amide bonds. The van der Waals surface area contributed by atoms with Gasteiger partial charge in [0, 0.05) is 32.3 Å². The maximum Gasteiger partial charge on any atom is 0.308 e. The van der Waals surface area contributed by atoms with Crippen molar-refractivity contribution >= 4 is 12.3 Å². The summed E-state index contributed by atoms with van der Waals surface area (Å²) in [4.78, 5) is 24.7. The number of esters is 1. The van der Waals surface area contributed by atoms with Crippen LogP contribution in [-0.2, 0) is 38.0 Å². The summed E-state index contributed by atoms with van der Waals surface area (Å²) >= 11 is 0. The molecule has 0 aromatic heterocycles. The van der Waals surface area contributed by atoms with Crippen LogP contribution in [0.5, 0.6) is 0 Å². The Labute approximate surface area is 277 Å². The van der Waals surface area contributed by atoms with Gasteiger partial charge in [0.2, 0.25) is 0 Å². The van der Waals surface area contributed by atoms with Gasteiger partial charge in [0.15, 0.2) is 12.6 Å². The zero-order valence-electron chi connectivity index (χ0n) is 28.6. The van der Waals surface area contributed by atoms with Gasteiger partial charge in [-0.15, -0.1) is 0 Å². The molecular formula is C34H56O13. The maximum absolute atomic E-state index is 12.7. The standard InChI is InChI=1S/C34H56O13/c1-18-15-23(13-14-35)30(31(42-7)25(37)16-26(38)43-19(2)11-9-8-10-12-24(18)36)47-33-28(39)20(3)29(21(4)45-33)46-27-17-34(6,41)32(40)22(5)44-27/h8-10,12,14,18-25,27-33,36-37,39-41H,11,13,15-17H2,1-7H3/b9-8-,12-10+/t18-,19-,20-,21-,22-,23?,24?,25?,27-,28-,29+,30?,31?,32-,33+,34+/m1/s1. The number of hydrogen-bond acceptors (Lipinski definition) is 13. The van der Waals surface area contributed by atoms with Crippen LogP contribution in [0.2, 0.25) is 0 Å². The molecule has 0 spiro atoms. The first-order chi connectivity index (χ1) is 22.1. The average Bonchev–Trinajstić information content (AvgIpc) is 2.99. The summed E-state index contributed by atoms with van der Waals surface area (Å²) < 4.78 is 35.7. The van der Waals surface area contributed by atoms with Gasteiger partial charge in [-0.25, -0.2) is 0 Å². The minimum Gasteiger partial charge on any atom is -0.462 e. The number of aliphatic hydroxyl groups is 5. The van der Waals surface area contributed by atoms with E-state index in [-0.39, 0.29) is 25.2 Å². The Bertz CT molecular complexity index is 1050. The molecule has 3 heterocycles. The molecule has 0 saturated carbocycles. The van der Waals surface area contributed by atoms with Gasteiger partial charge in [-0.1, -0.05) is 38.2 Å². The zero-order chi connectivity index (χ0) is 35.1. The van der Waals surface area contributed by atoms with Crippen molar-refractivity contribution in [2.45, 2.75) is 153 Å². The van der Waals surface area contributed by atoms with Crippen molar-refractivity contribution in [3.63, 3.8) is 0 Å². The zero-order valence-corrected chi connectivity index (χ0v) is 28.6. The molecule has 0 bridgehead atoms. The second-order valence-corrected chi connectivity index (χ2v) is 13.7. The largest absolute Gasteiger partial charge is 0.462 e. The molecule has 5 N–H and O–H groups in total. The lowest BCUT2D eigenvalue weighted by Gasteiger charge is -2.48. The van der Waals surface area contributed by atoms with Crippen LogP contribution < -0.4 is 0 Å². The smallest absolute Gasteiger partial charge is 0.308 e. The maximum atomic E-state index is 12.7. The van der Waals surface area contributed by atoms with E-state index in [0.717, 1.165) is 6.29 Å². The van der Waals surface area contributed by atoms with Crippen LogP contribution in [0.25, 0.3) is 0 Å². The molecular weight excluding hydrogens is 616 g/mol. The Hall–Kier alpha value is -1.78. The van der Waals surface area contributed by atoms with Crippen molar-refractivity contribution in [1.29, 1.82) is 0 Å². The topological polar surface area (TPSA) is 191 Å². The number of cyclic esters (lactones) is 1. The van der Waals surface area contributed by atoms with Crippen molar-refractivity contribution in [1.82, 2.24) is 0 Å². The van der Waals surface area contributed by atoms with Crippen molar-refractivity contribution in [2.24, 2.45) is 17.8 Å². The van der Waals surface area contributed by atoms with Crippen LogP contribution in [0, 0.1) is 17.8 Å². The van der Waals surface area contributed by atoms with Gasteiger partial charge < -0.3 is 58.7 Å². The first-order valence-corrected chi connectivity index (χ1v) is 16.6. The molecule has 0 aromatic carbocycles.